The lowest BCUT2D eigenvalue weighted by atomic mass is 10.1. The Kier molecular flexibility index (Phi) is 4.06. The topological polar surface area (TPSA) is 0 Å². The molecule has 0 fully saturated rings. The van der Waals surface area contributed by atoms with Gasteiger partial charge >= 0.3 is 0 Å². The van der Waals surface area contributed by atoms with Crippen molar-refractivity contribution in [2.24, 2.45) is 0 Å². The van der Waals surface area contributed by atoms with E-state index in [2.05, 4.69) is 31.9 Å². The summed E-state index contributed by atoms with van der Waals surface area (Å²) in [7, 11) is 0. The monoisotopic (exact) mass is 382 g/mol. The number of rotatable bonds is 2. The first-order valence-electron chi connectivity index (χ1n) is 4.41. The molecular weight excluding hydrogens is 378 g/mol. The zero-order valence-electron chi connectivity index (χ0n) is 7.88. The van der Waals surface area contributed by atoms with Crippen LogP contribution in [0.2, 0.25) is 5.02 Å². The largest absolute Gasteiger partial charge is 0.207 e. The van der Waals surface area contributed by atoms with E-state index in [1.54, 1.807) is 23.5 Å². The van der Waals surface area contributed by atoms with Gasteiger partial charge in [0.15, 0.2) is 0 Å². The van der Waals surface area contributed by atoms with Crippen molar-refractivity contribution in [1.29, 1.82) is 0 Å². The molecule has 0 bridgehead atoms. The van der Waals surface area contributed by atoms with E-state index in [4.69, 9.17) is 11.6 Å². The highest BCUT2D eigenvalue weighted by atomic mass is 79.9. The summed E-state index contributed by atoms with van der Waals surface area (Å²) in [5.41, 5.74) is 0.590. The minimum atomic E-state index is -0.297. The van der Waals surface area contributed by atoms with Crippen LogP contribution in [0.1, 0.15) is 15.3 Å². The summed E-state index contributed by atoms with van der Waals surface area (Å²) >= 11 is 14.2. The van der Waals surface area contributed by atoms with Crippen LogP contribution in [0.25, 0.3) is 0 Å². The molecule has 5 heteroatoms. The van der Waals surface area contributed by atoms with E-state index in [9.17, 15) is 4.39 Å². The maximum atomic E-state index is 13.7. The molecule has 1 aromatic carbocycles. The van der Waals surface area contributed by atoms with Gasteiger partial charge in [0, 0.05) is 19.9 Å². The Bertz CT molecular complexity index is 512. The quantitative estimate of drug-likeness (QED) is 0.575. The second kappa shape index (κ2) is 5.17. The van der Waals surface area contributed by atoms with E-state index in [1.807, 2.05) is 11.4 Å². The molecule has 0 N–H and O–H groups in total. The van der Waals surface area contributed by atoms with Gasteiger partial charge in [0.05, 0.1) is 4.83 Å². The number of thiophene rings is 1. The molecule has 0 aliphatic carbocycles. The molecule has 1 heterocycles. The lowest BCUT2D eigenvalue weighted by molar-refractivity contribution is 0.614. The molecular formula is C11H6Br2ClFS. The molecule has 1 unspecified atom stereocenters. The maximum absolute atomic E-state index is 13.7. The first-order chi connectivity index (χ1) is 7.59. The molecule has 0 aliphatic heterocycles. The first-order valence-corrected chi connectivity index (χ1v) is 7.38. The fourth-order valence-electron chi connectivity index (χ4n) is 1.33. The van der Waals surface area contributed by atoms with E-state index in [1.165, 1.54) is 6.07 Å². The van der Waals surface area contributed by atoms with Gasteiger partial charge < -0.3 is 0 Å². The van der Waals surface area contributed by atoms with Crippen LogP contribution in [0, 0.1) is 5.82 Å². The fraction of sp³-hybridized carbons (Fsp3) is 0.0909. The summed E-state index contributed by atoms with van der Waals surface area (Å²) in [6.45, 7) is 0. The SMILES string of the molecule is Fc1cc(Cl)ccc1C(Br)c1sccc1Br. The second-order valence-corrected chi connectivity index (χ2v) is 6.32. The fourth-order valence-corrected chi connectivity index (χ4v) is 4.34. The van der Waals surface area contributed by atoms with E-state index >= 15 is 0 Å². The molecule has 0 saturated heterocycles. The molecule has 0 aliphatic rings. The third kappa shape index (κ3) is 2.50. The number of alkyl halides is 1. The summed E-state index contributed by atoms with van der Waals surface area (Å²) < 4.78 is 14.7. The highest BCUT2D eigenvalue weighted by molar-refractivity contribution is 9.11. The Morgan fingerprint density at radius 3 is 2.62 bits per heavy atom. The van der Waals surface area contributed by atoms with Crippen molar-refractivity contribution < 1.29 is 4.39 Å². The second-order valence-electron chi connectivity index (χ2n) is 3.16. The average molecular weight is 384 g/mol. The van der Waals surface area contributed by atoms with Crippen LogP contribution in [0.5, 0.6) is 0 Å². The molecule has 0 spiro atoms. The molecule has 0 saturated carbocycles. The van der Waals surface area contributed by atoms with Crippen LogP contribution in [0.15, 0.2) is 34.1 Å². The molecule has 2 aromatic rings. The number of hydrogen-bond donors (Lipinski definition) is 0. The normalized spacial score (nSPS) is 12.8. The molecule has 0 radical (unpaired) electrons. The third-order valence-corrected chi connectivity index (χ3v) is 5.54. The van der Waals surface area contributed by atoms with Crippen LogP contribution in [0.3, 0.4) is 0 Å². The van der Waals surface area contributed by atoms with Crippen molar-refractivity contribution in [3.63, 3.8) is 0 Å². The van der Waals surface area contributed by atoms with Crippen molar-refractivity contribution >= 4 is 54.8 Å². The molecule has 1 atom stereocenters. The molecule has 2 rings (SSSR count). The summed E-state index contributed by atoms with van der Waals surface area (Å²) in [5, 5.41) is 2.37. The number of halogens is 4. The standard InChI is InChI=1S/C11H6Br2ClFS/c12-8-3-4-16-11(8)10(13)7-2-1-6(14)5-9(7)15/h1-5,10H. The van der Waals surface area contributed by atoms with Gasteiger partial charge in [0.1, 0.15) is 5.82 Å². The Hall–Kier alpha value is 0.1000. The summed E-state index contributed by atoms with van der Waals surface area (Å²) in [5.74, 6) is -0.297. The molecule has 16 heavy (non-hydrogen) atoms. The van der Waals surface area contributed by atoms with E-state index < -0.39 is 0 Å². The maximum Gasteiger partial charge on any atom is 0.129 e. The third-order valence-electron chi connectivity index (χ3n) is 2.11. The van der Waals surface area contributed by atoms with Gasteiger partial charge in [-0.3, -0.25) is 0 Å². The summed E-state index contributed by atoms with van der Waals surface area (Å²) in [6, 6.07) is 6.66. The van der Waals surface area contributed by atoms with Gasteiger partial charge in [0.25, 0.3) is 0 Å². The Morgan fingerprint density at radius 2 is 2.06 bits per heavy atom. The van der Waals surface area contributed by atoms with Gasteiger partial charge in [-0.25, -0.2) is 4.39 Å². The molecule has 84 valence electrons. The van der Waals surface area contributed by atoms with Crippen molar-refractivity contribution in [3.05, 3.63) is 55.4 Å². The van der Waals surface area contributed by atoms with Crippen LogP contribution in [0.4, 0.5) is 4.39 Å². The van der Waals surface area contributed by atoms with E-state index in [0.29, 0.717) is 10.6 Å². The van der Waals surface area contributed by atoms with Crippen molar-refractivity contribution in [1.82, 2.24) is 0 Å². The number of hydrogen-bond acceptors (Lipinski definition) is 1. The number of benzene rings is 1. The van der Waals surface area contributed by atoms with Gasteiger partial charge in [-0.2, -0.15) is 0 Å². The van der Waals surface area contributed by atoms with Crippen molar-refractivity contribution in [3.8, 4) is 0 Å². The van der Waals surface area contributed by atoms with Gasteiger partial charge in [0.2, 0.25) is 0 Å². The van der Waals surface area contributed by atoms with Crippen molar-refractivity contribution in [2.75, 3.05) is 0 Å². The zero-order valence-corrected chi connectivity index (χ0v) is 12.6. The van der Waals surface area contributed by atoms with E-state index in [0.717, 1.165) is 9.35 Å². The Balaban J connectivity index is 2.41. The Morgan fingerprint density at radius 1 is 1.31 bits per heavy atom. The highest BCUT2D eigenvalue weighted by Gasteiger charge is 2.18. The summed E-state index contributed by atoms with van der Waals surface area (Å²) in [6.07, 6.45) is 0. The van der Waals surface area contributed by atoms with Crippen LogP contribution >= 0.6 is 54.8 Å². The predicted octanol–water partition coefficient (Wildman–Crippen LogP) is 5.79. The van der Waals surface area contributed by atoms with Crippen molar-refractivity contribution in [2.45, 2.75) is 4.83 Å². The van der Waals surface area contributed by atoms with Crippen LogP contribution < -0.4 is 0 Å². The Labute approximate surface area is 119 Å². The minimum absolute atomic E-state index is 0.154. The highest BCUT2D eigenvalue weighted by Crippen LogP contribution is 2.40. The molecule has 0 amide bonds. The lowest BCUT2D eigenvalue weighted by Gasteiger charge is -2.10. The predicted molar refractivity (Wildman–Crippen MR) is 74.2 cm³/mol. The van der Waals surface area contributed by atoms with E-state index in [-0.39, 0.29) is 10.6 Å². The molecule has 1 aromatic heterocycles. The van der Waals surface area contributed by atoms with Crippen LogP contribution in [-0.2, 0) is 0 Å². The van der Waals surface area contributed by atoms with Crippen LogP contribution in [-0.4, -0.2) is 0 Å². The smallest absolute Gasteiger partial charge is 0.129 e. The lowest BCUT2D eigenvalue weighted by Crippen LogP contribution is -1.94. The van der Waals surface area contributed by atoms with Gasteiger partial charge in [-0.05, 0) is 39.5 Å². The first kappa shape index (κ1) is 12.6. The molecule has 0 nitrogen and oxygen atoms in total. The zero-order chi connectivity index (χ0) is 11.7. The minimum Gasteiger partial charge on any atom is -0.207 e. The average Bonchev–Trinajstić information content (AvgIpc) is 2.63. The van der Waals surface area contributed by atoms with Gasteiger partial charge in [-0.15, -0.1) is 11.3 Å². The van der Waals surface area contributed by atoms with Gasteiger partial charge in [-0.1, -0.05) is 33.6 Å². The summed E-state index contributed by atoms with van der Waals surface area (Å²) in [4.78, 5) is 0.889.